The molecule has 132 valence electrons. The maximum atomic E-state index is 12.1. The van der Waals surface area contributed by atoms with Crippen molar-refractivity contribution in [3.05, 3.63) is 58.1 Å². The van der Waals surface area contributed by atoms with E-state index in [9.17, 15) is 4.79 Å². The number of carbonyl (C=O) groups is 1. The second-order valence-corrected chi connectivity index (χ2v) is 7.55. The predicted octanol–water partition coefficient (Wildman–Crippen LogP) is 3.21. The molecule has 0 spiro atoms. The molecule has 8 heteroatoms. The molecule has 26 heavy (non-hydrogen) atoms. The van der Waals surface area contributed by atoms with E-state index in [0.717, 1.165) is 33.3 Å². The predicted molar refractivity (Wildman–Crippen MR) is 103 cm³/mol. The first-order valence-corrected chi connectivity index (χ1v) is 10.1. The lowest BCUT2D eigenvalue weighted by molar-refractivity contribution is -0.121. The summed E-state index contributed by atoms with van der Waals surface area (Å²) in [4.78, 5) is 21.7. The van der Waals surface area contributed by atoms with Crippen molar-refractivity contribution in [1.82, 2.24) is 24.9 Å². The van der Waals surface area contributed by atoms with E-state index in [1.807, 2.05) is 45.6 Å². The number of rotatable bonds is 7. The van der Waals surface area contributed by atoms with E-state index in [0.29, 0.717) is 19.4 Å². The number of hydrogen-bond donors (Lipinski definition) is 1. The number of fused-ring (bicyclic) bond motifs is 1. The highest BCUT2D eigenvalue weighted by Gasteiger charge is 2.09. The van der Waals surface area contributed by atoms with Crippen LogP contribution in [0.25, 0.3) is 16.2 Å². The van der Waals surface area contributed by atoms with Gasteiger partial charge in [-0.25, -0.2) is 14.5 Å². The fraction of sp³-hybridized carbons (Fsp3) is 0.222. The Hall–Kier alpha value is -2.58. The second kappa shape index (κ2) is 7.76. The average molecular weight is 384 g/mol. The van der Waals surface area contributed by atoms with Crippen LogP contribution in [0.4, 0.5) is 0 Å². The fourth-order valence-electron chi connectivity index (χ4n) is 2.65. The number of aromatic nitrogens is 4. The SMILES string of the molecule is O=C(CCc1nc(-c2ccccc2)cs1)NCCc1csc2ncnn12. The van der Waals surface area contributed by atoms with Crippen LogP contribution in [0.2, 0.25) is 0 Å². The Kier molecular flexibility index (Phi) is 5.03. The van der Waals surface area contributed by atoms with Gasteiger partial charge in [-0.1, -0.05) is 30.3 Å². The third kappa shape index (κ3) is 3.81. The van der Waals surface area contributed by atoms with Gasteiger partial charge in [0.2, 0.25) is 10.9 Å². The average Bonchev–Trinajstić information content (AvgIpc) is 3.39. The molecule has 0 aliphatic heterocycles. The van der Waals surface area contributed by atoms with Crippen molar-refractivity contribution in [3.8, 4) is 11.3 Å². The first-order chi connectivity index (χ1) is 12.8. The van der Waals surface area contributed by atoms with E-state index >= 15 is 0 Å². The first kappa shape index (κ1) is 16.9. The minimum atomic E-state index is 0.0477. The van der Waals surface area contributed by atoms with Gasteiger partial charge in [0.05, 0.1) is 16.4 Å². The van der Waals surface area contributed by atoms with Gasteiger partial charge in [-0.05, 0) is 0 Å². The lowest BCUT2D eigenvalue weighted by Gasteiger charge is -2.03. The van der Waals surface area contributed by atoms with Crippen LogP contribution in [0, 0.1) is 0 Å². The Balaban J connectivity index is 1.24. The zero-order valence-electron chi connectivity index (χ0n) is 14.0. The summed E-state index contributed by atoms with van der Waals surface area (Å²) < 4.78 is 1.82. The van der Waals surface area contributed by atoms with Crippen LogP contribution >= 0.6 is 22.7 Å². The lowest BCUT2D eigenvalue weighted by atomic mass is 10.2. The molecule has 0 saturated carbocycles. The van der Waals surface area contributed by atoms with Crippen LogP contribution in [0.3, 0.4) is 0 Å². The van der Waals surface area contributed by atoms with E-state index in [2.05, 4.69) is 20.4 Å². The Labute approximate surface area is 158 Å². The standard InChI is InChI=1S/C18H17N5OS2/c24-16(19-9-8-14-10-26-18-20-12-21-23(14)18)6-7-17-22-15(11-25-17)13-4-2-1-3-5-13/h1-5,10-12H,6-9H2,(H,19,24). The number of carbonyl (C=O) groups excluding carboxylic acids is 1. The summed E-state index contributed by atoms with van der Waals surface area (Å²) >= 11 is 3.16. The minimum absolute atomic E-state index is 0.0477. The summed E-state index contributed by atoms with van der Waals surface area (Å²) in [5.41, 5.74) is 3.14. The van der Waals surface area contributed by atoms with E-state index < -0.39 is 0 Å². The molecule has 0 bridgehead atoms. The summed E-state index contributed by atoms with van der Waals surface area (Å²) in [6, 6.07) is 10.1. The van der Waals surface area contributed by atoms with Crippen molar-refractivity contribution in [2.75, 3.05) is 6.54 Å². The van der Waals surface area contributed by atoms with E-state index in [-0.39, 0.29) is 5.91 Å². The summed E-state index contributed by atoms with van der Waals surface area (Å²) in [5, 5.41) is 12.2. The molecule has 1 amide bonds. The number of amides is 1. The highest BCUT2D eigenvalue weighted by molar-refractivity contribution is 7.15. The Bertz CT molecular complexity index is 1000. The van der Waals surface area contributed by atoms with Gasteiger partial charge in [0, 0.05) is 42.1 Å². The molecule has 0 atom stereocenters. The smallest absolute Gasteiger partial charge is 0.220 e. The van der Waals surface area contributed by atoms with Gasteiger partial charge in [0.1, 0.15) is 6.33 Å². The quantitative estimate of drug-likeness (QED) is 0.532. The summed E-state index contributed by atoms with van der Waals surface area (Å²) in [5.74, 6) is 0.0477. The molecule has 4 aromatic rings. The normalized spacial score (nSPS) is 11.1. The largest absolute Gasteiger partial charge is 0.356 e. The molecule has 0 aliphatic rings. The van der Waals surface area contributed by atoms with Crippen molar-refractivity contribution < 1.29 is 4.79 Å². The highest BCUT2D eigenvalue weighted by Crippen LogP contribution is 2.22. The van der Waals surface area contributed by atoms with Gasteiger partial charge >= 0.3 is 0 Å². The second-order valence-electron chi connectivity index (χ2n) is 5.77. The molecule has 1 N–H and O–H groups in total. The Morgan fingerprint density at radius 3 is 2.88 bits per heavy atom. The van der Waals surface area contributed by atoms with Crippen molar-refractivity contribution in [3.63, 3.8) is 0 Å². The number of aryl methyl sites for hydroxylation is 1. The maximum Gasteiger partial charge on any atom is 0.220 e. The van der Waals surface area contributed by atoms with E-state index in [1.165, 1.54) is 0 Å². The third-order valence-corrected chi connectivity index (χ3v) is 5.77. The van der Waals surface area contributed by atoms with Gasteiger partial charge in [-0.2, -0.15) is 5.10 Å². The number of benzene rings is 1. The molecule has 0 radical (unpaired) electrons. The molecule has 1 aromatic carbocycles. The fourth-order valence-corrected chi connectivity index (χ4v) is 4.29. The summed E-state index contributed by atoms with van der Waals surface area (Å²) in [6.07, 6.45) is 3.40. The molecule has 6 nitrogen and oxygen atoms in total. The topological polar surface area (TPSA) is 72.2 Å². The van der Waals surface area contributed by atoms with Crippen LogP contribution in [0.1, 0.15) is 17.1 Å². The molecule has 0 fully saturated rings. The highest BCUT2D eigenvalue weighted by atomic mass is 32.1. The molecule has 0 saturated heterocycles. The first-order valence-electron chi connectivity index (χ1n) is 8.32. The van der Waals surface area contributed by atoms with Crippen molar-refractivity contribution in [2.24, 2.45) is 0 Å². The van der Waals surface area contributed by atoms with Crippen molar-refractivity contribution >= 4 is 33.5 Å². The van der Waals surface area contributed by atoms with Crippen LogP contribution in [0.5, 0.6) is 0 Å². The van der Waals surface area contributed by atoms with Crippen LogP contribution in [-0.2, 0) is 17.6 Å². The van der Waals surface area contributed by atoms with Gasteiger partial charge in [-0.3, -0.25) is 4.79 Å². The summed E-state index contributed by atoms with van der Waals surface area (Å²) in [6.45, 7) is 0.595. The zero-order chi connectivity index (χ0) is 17.8. The minimum Gasteiger partial charge on any atom is -0.356 e. The van der Waals surface area contributed by atoms with E-state index in [4.69, 9.17) is 0 Å². The van der Waals surface area contributed by atoms with Crippen molar-refractivity contribution in [1.29, 1.82) is 0 Å². The van der Waals surface area contributed by atoms with Crippen LogP contribution in [0.15, 0.2) is 47.4 Å². The molecular weight excluding hydrogens is 366 g/mol. The zero-order valence-corrected chi connectivity index (χ0v) is 15.6. The molecule has 0 unspecified atom stereocenters. The van der Waals surface area contributed by atoms with Crippen molar-refractivity contribution in [2.45, 2.75) is 19.3 Å². The molecule has 4 rings (SSSR count). The monoisotopic (exact) mass is 383 g/mol. The van der Waals surface area contributed by atoms with E-state index in [1.54, 1.807) is 29.0 Å². The molecular formula is C18H17N5OS2. The molecule has 3 aromatic heterocycles. The van der Waals surface area contributed by atoms with Gasteiger partial charge < -0.3 is 5.32 Å². The number of thiazole rings is 2. The van der Waals surface area contributed by atoms with Gasteiger partial charge in [0.15, 0.2) is 0 Å². The Morgan fingerprint density at radius 1 is 1.12 bits per heavy atom. The Morgan fingerprint density at radius 2 is 2.00 bits per heavy atom. The number of nitrogens with one attached hydrogen (secondary N) is 1. The van der Waals surface area contributed by atoms with Gasteiger partial charge in [-0.15, -0.1) is 22.7 Å². The number of hydrogen-bond acceptors (Lipinski definition) is 6. The third-order valence-electron chi connectivity index (χ3n) is 3.98. The van der Waals surface area contributed by atoms with Gasteiger partial charge in [0.25, 0.3) is 0 Å². The maximum absolute atomic E-state index is 12.1. The molecule has 0 aliphatic carbocycles. The molecule has 3 heterocycles. The van der Waals surface area contributed by atoms with Crippen LogP contribution in [-0.4, -0.2) is 32.0 Å². The number of nitrogens with zero attached hydrogens (tertiary/aromatic N) is 4. The van der Waals surface area contributed by atoms with Crippen LogP contribution < -0.4 is 5.32 Å². The summed E-state index contributed by atoms with van der Waals surface area (Å²) in [7, 11) is 0. The lowest BCUT2D eigenvalue weighted by Crippen LogP contribution is -2.26.